The van der Waals surface area contributed by atoms with Crippen molar-refractivity contribution in [3.05, 3.63) is 93.5 Å². The summed E-state index contributed by atoms with van der Waals surface area (Å²) in [6.07, 6.45) is 0. The van der Waals surface area contributed by atoms with Gasteiger partial charge in [-0.15, -0.1) is 0 Å². The second kappa shape index (κ2) is 9.15. The molecule has 0 saturated carbocycles. The standard InChI is InChI=1S/C32H27Cl2N3O2/c1-17-9-11-25-20(13-17)21-14-18(2)10-12-26(21)37(25)27-16-19(32(3,4)5)15-22(29(27)38)30-35-31(39-36-30)28-23(33)7-6-8-24(28)34/h6-16,38H,1-5H3. The van der Waals surface area contributed by atoms with Gasteiger partial charge in [-0.05, 0) is 73.4 Å². The quantitative estimate of drug-likeness (QED) is 0.236. The molecule has 2 heterocycles. The van der Waals surface area contributed by atoms with E-state index in [1.54, 1.807) is 18.2 Å². The fourth-order valence-corrected chi connectivity index (χ4v) is 5.60. The van der Waals surface area contributed by atoms with Crippen molar-refractivity contribution in [2.45, 2.75) is 40.0 Å². The molecule has 0 aliphatic heterocycles. The third kappa shape index (κ3) is 4.26. The molecule has 0 aliphatic carbocycles. The molecule has 0 saturated heterocycles. The zero-order valence-electron chi connectivity index (χ0n) is 22.3. The van der Waals surface area contributed by atoms with Crippen molar-refractivity contribution in [2.24, 2.45) is 0 Å². The van der Waals surface area contributed by atoms with Gasteiger partial charge in [-0.25, -0.2) is 0 Å². The molecule has 6 aromatic rings. The van der Waals surface area contributed by atoms with Crippen LogP contribution in [0.5, 0.6) is 5.75 Å². The highest BCUT2D eigenvalue weighted by Gasteiger charge is 2.26. The fraction of sp³-hybridized carbons (Fsp3) is 0.188. The largest absolute Gasteiger partial charge is 0.505 e. The number of nitrogens with zero attached hydrogens (tertiary/aromatic N) is 3. The van der Waals surface area contributed by atoms with Gasteiger partial charge in [-0.2, -0.15) is 4.98 Å². The molecule has 0 unspecified atom stereocenters. The lowest BCUT2D eigenvalue weighted by Gasteiger charge is -2.22. The molecule has 4 aromatic carbocycles. The van der Waals surface area contributed by atoms with Crippen LogP contribution in [0.25, 0.3) is 50.3 Å². The molecular formula is C32H27Cl2N3O2. The molecule has 39 heavy (non-hydrogen) atoms. The maximum absolute atomic E-state index is 11.8. The number of phenols is 1. The molecule has 1 N–H and O–H groups in total. The first-order chi connectivity index (χ1) is 18.5. The third-order valence-corrected chi connectivity index (χ3v) is 7.75. The van der Waals surface area contributed by atoms with E-state index < -0.39 is 0 Å². The van der Waals surface area contributed by atoms with Crippen LogP contribution >= 0.6 is 23.2 Å². The first-order valence-electron chi connectivity index (χ1n) is 12.7. The predicted molar refractivity (Wildman–Crippen MR) is 159 cm³/mol. The smallest absolute Gasteiger partial charge is 0.261 e. The highest BCUT2D eigenvalue weighted by atomic mass is 35.5. The topological polar surface area (TPSA) is 64.1 Å². The first-order valence-corrected chi connectivity index (χ1v) is 13.5. The van der Waals surface area contributed by atoms with Gasteiger partial charge in [0.2, 0.25) is 5.82 Å². The molecular weight excluding hydrogens is 529 g/mol. The van der Waals surface area contributed by atoms with Crippen molar-refractivity contribution in [2.75, 3.05) is 0 Å². The molecule has 0 spiro atoms. The van der Waals surface area contributed by atoms with Crippen LogP contribution in [0.15, 0.2) is 71.3 Å². The Hall–Kier alpha value is -3.80. The minimum Gasteiger partial charge on any atom is -0.505 e. The van der Waals surface area contributed by atoms with Crippen LogP contribution in [0, 0.1) is 13.8 Å². The number of phenolic OH excluding ortho intramolecular Hbond substituents is 1. The number of benzene rings is 4. The van der Waals surface area contributed by atoms with Crippen LogP contribution in [-0.4, -0.2) is 19.8 Å². The molecule has 196 valence electrons. The highest BCUT2D eigenvalue weighted by molar-refractivity contribution is 6.38. The molecule has 0 fully saturated rings. The summed E-state index contributed by atoms with van der Waals surface area (Å²) in [4.78, 5) is 4.61. The molecule has 0 atom stereocenters. The average Bonchev–Trinajstić information content (AvgIpc) is 3.46. The molecule has 0 radical (unpaired) electrons. The maximum Gasteiger partial charge on any atom is 0.261 e. The fourth-order valence-electron chi connectivity index (χ4n) is 5.04. The zero-order valence-corrected chi connectivity index (χ0v) is 23.8. The van der Waals surface area contributed by atoms with E-state index in [1.165, 1.54) is 11.1 Å². The van der Waals surface area contributed by atoms with E-state index in [0.29, 0.717) is 26.9 Å². The van der Waals surface area contributed by atoms with E-state index in [9.17, 15) is 5.11 Å². The Balaban J connectivity index is 1.65. The second-order valence-electron chi connectivity index (χ2n) is 11.0. The second-order valence-corrected chi connectivity index (χ2v) is 11.9. The summed E-state index contributed by atoms with van der Waals surface area (Å²) in [5.74, 6) is 0.490. The van der Waals surface area contributed by atoms with Crippen molar-refractivity contribution in [3.63, 3.8) is 0 Å². The Morgan fingerprint density at radius 3 is 1.97 bits per heavy atom. The van der Waals surface area contributed by atoms with E-state index in [-0.39, 0.29) is 22.9 Å². The number of aromatic hydroxyl groups is 1. The van der Waals surface area contributed by atoms with Gasteiger partial charge in [-0.3, -0.25) is 0 Å². The number of hydrogen-bond acceptors (Lipinski definition) is 4. The van der Waals surface area contributed by atoms with Gasteiger partial charge in [0, 0.05) is 10.8 Å². The van der Waals surface area contributed by atoms with Crippen molar-refractivity contribution >= 4 is 45.0 Å². The van der Waals surface area contributed by atoms with Gasteiger partial charge < -0.3 is 14.2 Å². The van der Waals surface area contributed by atoms with Crippen LogP contribution < -0.4 is 0 Å². The van der Waals surface area contributed by atoms with Gasteiger partial charge in [0.25, 0.3) is 5.89 Å². The molecule has 0 amide bonds. The Morgan fingerprint density at radius 2 is 1.41 bits per heavy atom. The van der Waals surface area contributed by atoms with Crippen LogP contribution in [-0.2, 0) is 5.41 Å². The molecule has 0 bridgehead atoms. The summed E-state index contributed by atoms with van der Waals surface area (Å²) < 4.78 is 7.71. The van der Waals surface area contributed by atoms with E-state index in [4.69, 9.17) is 27.7 Å². The predicted octanol–water partition coefficient (Wildman–Crippen LogP) is 9.43. The van der Waals surface area contributed by atoms with Crippen LogP contribution in [0.4, 0.5) is 0 Å². The van der Waals surface area contributed by atoms with E-state index >= 15 is 0 Å². The maximum atomic E-state index is 11.8. The van der Waals surface area contributed by atoms with Crippen LogP contribution in [0.1, 0.15) is 37.5 Å². The number of halogens is 2. The number of rotatable bonds is 3. The minimum atomic E-state index is -0.220. The molecule has 2 aromatic heterocycles. The summed E-state index contributed by atoms with van der Waals surface area (Å²) in [5.41, 5.74) is 6.72. The number of aromatic nitrogens is 3. The number of aryl methyl sites for hydroxylation is 2. The van der Waals surface area contributed by atoms with Gasteiger partial charge in [0.05, 0.1) is 37.9 Å². The van der Waals surface area contributed by atoms with E-state index in [1.807, 2.05) is 12.1 Å². The van der Waals surface area contributed by atoms with E-state index in [0.717, 1.165) is 27.4 Å². The summed E-state index contributed by atoms with van der Waals surface area (Å²) in [6, 6.07) is 21.9. The van der Waals surface area contributed by atoms with Gasteiger partial charge >= 0.3 is 0 Å². The van der Waals surface area contributed by atoms with Crippen LogP contribution in [0.2, 0.25) is 10.0 Å². The monoisotopic (exact) mass is 555 g/mol. The Bertz CT molecular complexity index is 1830. The van der Waals surface area contributed by atoms with Crippen molar-refractivity contribution in [3.8, 4) is 34.3 Å². The van der Waals surface area contributed by atoms with Gasteiger partial charge in [-0.1, -0.05) is 78.5 Å². The molecule has 0 aliphatic rings. The molecule has 6 rings (SSSR count). The first kappa shape index (κ1) is 25.5. The lowest BCUT2D eigenvalue weighted by atomic mass is 9.85. The summed E-state index contributed by atoms with van der Waals surface area (Å²) >= 11 is 12.8. The van der Waals surface area contributed by atoms with Crippen molar-refractivity contribution < 1.29 is 9.63 Å². The van der Waals surface area contributed by atoms with Gasteiger partial charge in [0.15, 0.2) is 5.75 Å². The Kier molecular flexibility index (Phi) is 5.97. The normalized spacial score (nSPS) is 12.1. The summed E-state index contributed by atoms with van der Waals surface area (Å²) in [5, 5.41) is 19.1. The molecule has 7 heteroatoms. The van der Waals surface area contributed by atoms with E-state index in [2.05, 4.69) is 85.7 Å². The summed E-state index contributed by atoms with van der Waals surface area (Å²) in [6.45, 7) is 10.6. The van der Waals surface area contributed by atoms with Crippen LogP contribution in [0.3, 0.4) is 0 Å². The summed E-state index contributed by atoms with van der Waals surface area (Å²) in [7, 11) is 0. The lowest BCUT2D eigenvalue weighted by molar-refractivity contribution is 0.431. The van der Waals surface area contributed by atoms with Crippen molar-refractivity contribution in [1.29, 1.82) is 0 Å². The number of hydrogen-bond donors (Lipinski definition) is 1. The Morgan fingerprint density at radius 1 is 0.821 bits per heavy atom. The van der Waals surface area contributed by atoms with Crippen molar-refractivity contribution in [1.82, 2.24) is 14.7 Å². The van der Waals surface area contributed by atoms with Gasteiger partial charge in [0.1, 0.15) is 0 Å². The highest BCUT2D eigenvalue weighted by Crippen LogP contribution is 2.43. The SMILES string of the molecule is Cc1ccc2c(c1)c1cc(C)ccc1n2-c1cc(C(C)(C)C)cc(-c2noc(-c3c(Cl)cccc3Cl)n2)c1O. The zero-order chi connectivity index (χ0) is 27.6. The molecule has 5 nitrogen and oxygen atoms in total. The minimum absolute atomic E-state index is 0.0561. The Labute approximate surface area is 236 Å². The lowest BCUT2D eigenvalue weighted by Crippen LogP contribution is -2.12. The third-order valence-electron chi connectivity index (χ3n) is 7.12. The number of fused-ring (bicyclic) bond motifs is 3. The average molecular weight is 556 g/mol.